The first-order chi connectivity index (χ1) is 17.6. The third-order valence-electron chi connectivity index (χ3n) is 5.55. The number of methoxy groups -OCH3 is 1. The highest BCUT2D eigenvalue weighted by Gasteiger charge is 2.49. The molecule has 0 spiro atoms. The number of pyridine rings is 1. The number of halogens is 3. The van der Waals surface area contributed by atoms with Gasteiger partial charge in [0.05, 0.1) is 30.1 Å². The average molecular weight is 533 g/mol. The molecule has 0 fully saturated rings. The second-order valence-electron chi connectivity index (χ2n) is 7.99. The first kappa shape index (κ1) is 24.4. The van der Waals surface area contributed by atoms with E-state index in [-0.39, 0.29) is 5.39 Å². The minimum atomic E-state index is -5.86. The van der Waals surface area contributed by atoms with Crippen molar-refractivity contribution in [3.63, 3.8) is 0 Å². The normalized spacial score (nSPS) is 12.2. The van der Waals surface area contributed by atoms with Crippen molar-refractivity contribution in [2.45, 2.75) is 12.1 Å². The Morgan fingerprint density at radius 3 is 2.49 bits per heavy atom. The van der Waals surface area contributed by atoms with E-state index in [1.807, 2.05) is 30.3 Å². The number of hydrogen-bond acceptors (Lipinski definition) is 8. The maximum Gasteiger partial charge on any atom is 0.534 e. The lowest BCUT2D eigenvalue weighted by molar-refractivity contribution is -0.0501. The van der Waals surface area contributed by atoms with Crippen LogP contribution in [0.4, 0.5) is 24.7 Å². The smallest absolute Gasteiger partial charge is 0.497 e. The first-order valence-corrected chi connectivity index (χ1v) is 12.2. The van der Waals surface area contributed by atoms with Gasteiger partial charge in [-0.3, -0.25) is 14.3 Å². The molecule has 0 unspecified atom stereocenters. The van der Waals surface area contributed by atoms with Gasteiger partial charge in [-0.1, -0.05) is 12.1 Å². The molecule has 0 radical (unpaired) electrons. The molecule has 0 aliphatic rings. The van der Waals surface area contributed by atoms with Gasteiger partial charge in [-0.15, -0.1) is 5.10 Å². The van der Waals surface area contributed by atoms with Gasteiger partial charge in [-0.2, -0.15) is 26.7 Å². The summed E-state index contributed by atoms with van der Waals surface area (Å²) in [6.07, 6.45) is 1.64. The second-order valence-corrected chi connectivity index (χ2v) is 9.53. The van der Waals surface area contributed by atoms with Crippen LogP contribution < -0.4 is 14.2 Å². The van der Waals surface area contributed by atoms with Crippen molar-refractivity contribution in [1.29, 1.82) is 0 Å². The van der Waals surface area contributed by atoms with Crippen molar-refractivity contribution in [2.24, 2.45) is 7.05 Å². The molecule has 5 aromatic rings. The standard InChI is InChI=1S/C23H19F3N6O4S/c1-31-19-12-15(7-10-17(19)22(30-31)36-37(33,34)23(24,25)26)28-21-20-18(4-3-11-27-20)32(29-21)13-14-5-8-16(35-2)9-6-14/h3-12H,13H2,1-2H3,(H,28,29). The van der Waals surface area contributed by atoms with Crippen LogP contribution in [0.1, 0.15) is 5.56 Å². The molecule has 14 heteroatoms. The van der Waals surface area contributed by atoms with E-state index in [4.69, 9.17) is 4.74 Å². The van der Waals surface area contributed by atoms with Crippen LogP contribution in [0, 0.1) is 0 Å². The molecule has 0 bridgehead atoms. The fourth-order valence-electron chi connectivity index (χ4n) is 3.77. The quantitative estimate of drug-likeness (QED) is 0.243. The number of hydrogen-bond donors (Lipinski definition) is 1. The topological polar surface area (TPSA) is 113 Å². The molecule has 0 aliphatic heterocycles. The molecule has 0 atom stereocenters. The van der Waals surface area contributed by atoms with Gasteiger partial charge in [0.2, 0.25) is 0 Å². The van der Waals surface area contributed by atoms with Crippen LogP contribution in [-0.2, 0) is 23.7 Å². The molecular formula is C23H19F3N6O4S. The predicted molar refractivity (Wildman–Crippen MR) is 129 cm³/mol. The van der Waals surface area contributed by atoms with Crippen LogP contribution in [0.5, 0.6) is 11.6 Å². The highest BCUT2D eigenvalue weighted by Crippen LogP contribution is 2.33. The lowest BCUT2D eigenvalue weighted by Gasteiger charge is -2.07. The van der Waals surface area contributed by atoms with Gasteiger partial charge >= 0.3 is 15.6 Å². The number of anilines is 2. The first-order valence-electron chi connectivity index (χ1n) is 10.7. The number of aryl methyl sites for hydroxylation is 1. The minimum Gasteiger partial charge on any atom is -0.497 e. The summed E-state index contributed by atoms with van der Waals surface area (Å²) < 4.78 is 73.6. The molecule has 1 N–H and O–H groups in total. The molecule has 5 rings (SSSR count). The summed E-state index contributed by atoms with van der Waals surface area (Å²) in [5.41, 5.74) is -2.30. The van der Waals surface area contributed by atoms with Crippen molar-refractivity contribution in [3.8, 4) is 11.6 Å². The number of aromatic nitrogens is 5. The van der Waals surface area contributed by atoms with Crippen LogP contribution in [0.2, 0.25) is 0 Å². The molecule has 192 valence electrons. The highest BCUT2D eigenvalue weighted by molar-refractivity contribution is 7.88. The van der Waals surface area contributed by atoms with Crippen LogP contribution in [-0.4, -0.2) is 45.6 Å². The van der Waals surface area contributed by atoms with Crippen molar-refractivity contribution < 1.29 is 30.5 Å². The van der Waals surface area contributed by atoms with E-state index in [1.165, 1.54) is 17.8 Å². The van der Waals surface area contributed by atoms with Crippen molar-refractivity contribution >= 4 is 43.6 Å². The molecule has 0 saturated heterocycles. The zero-order valence-electron chi connectivity index (χ0n) is 19.4. The van der Waals surface area contributed by atoms with Crippen molar-refractivity contribution in [3.05, 3.63) is 66.4 Å². The fraction of sp³-hybridized carbons (Fsp3) is 0.174. The average Bonchev–Trinajstić information content (AvgIpc) is 3.35. The molecular weight excluding hydrogens is 513 g/mol. The Hall–Kier alpha value is -4.33. The van der Waals surface area contributed by atoms with E-state index in [2.05, 4.69) is 24.7 Å². The van der Waals surface area contributed by atoms with Crippen LogP contribution in [0.25, 0.3) is 21.9 Å². The zero-order valence-corrected chi connectivity index (χ0v) is 20.2. The predicted octanol–water partition coefficient (Wildman–Crippen LogP) is 4.35. The van der Waals surface area contributed by atoms with Crippen LogP contribution in [0.3, 0.4) is 0 Å². The number of fused-ring (bicyclic) bond motifs is 2. The van der Waals surface area contributed by atoms with Gasteiger partial charge < -0.3 is 14.2 Å². The summed E-state index contributed by atoms with van der Waals surface area (Å²) >= 11 is 0. The van der Waals surface area contributed by atoms with Gasteiger partial charge in [0.25, 0.3) is 5.88 Å². The highest BCUT2D eigenvalue weighted by atomic mass is 32.2. The van der Waals surface area contributed by atoms with Gasteiger partial charge in [0, 0.05) is 18.9 Å². The van der Waals surface area contributed by atoms with Gasteiger partial charge in [0.1, 0.15) is 11.3 Å². The summed E-state index contributed by atoms with van der Waals surface area (Å²) in [5, 5.41) is 11.7. The summed E-state index contributed by atoms with van der Waals surface area (Å²) in [7, 11) is -2.80. The Morgan fingerprint density at radius 2 is 1.78 bits per heavy atom. The van der Waals surface area contributed by atoms with Crippen molar-refractivity contribution in [1.82, 2.24) is 24.5 Å². The summed E-state index contributed by atoms with van der Waals surface area (Å²) in [5.74, 6) is 0.534. The van der Waals surface area contributed by atoms with Gasteiger partial charge in [-0.05, 0) is 48.0 Å². The van der Waals surface area contributed by atoms with Crippen molar-refractivity contribution in [2.75, 3.05) is 12.4 Å². The lowest BCUT2D eigenvalue weighted by Crippen LogP contribution is -2.28. The Bertz CT molecular complexity index is 1710. The Morgan fingerprint density at radius 1 is 1.03 bits per heavy atom. The Balaban J connectivity index is 1.46. The molecule has 2 aromatic carbocycles. The van der Waals surface area contributed by atoms with Crippen LogP contribution in [0.15, 0.2) is 60.8 Å². The van der Waals surface area contributed by atoms with Gasteiger partial charge in [0.15, 0.2) is 5.82 Å². The second kappa shape index (κ2) is 8.96. The van der Waals surface area contributed by atoms with E-state index in [1.54, 1.807) is 36.2 Å². The number of nitrogens with zero attached hydrogens (tertiary/aromatic N) is 5. The van der Waals surface area contributed by atoms with Gasteiger partial charge in [-0.25, -0.2) is 0 Å². The number of alkyl halides is 3. The maximum atomic E-state index is 12.8. The SMILES string of the molecule is COc1ccc(Cn2nc(Nc3ccc4c(OS(=O)(=O)C(F)(F)F)nn(C)c4c3)c3ncccc32)cc1. The number of nitrogens with one attached hydrogen (secondary N) is 1. The molecule has 0 saturated carbocycles. The lowest BCUT2D eigenvalue weighted by atomic mass is 10.2. The number of benzene rings is 2. The van der Waals surface area contributed by atoms with E-state index in [0.29, 0.717) is 29.1 Å². The molecule has 10 nitrogen and oxygen atoms in total. The third-order valence-corrected chi connectivity index (χ3v) is 6.50. The maximum absolute atomic E-state index is 12.8. The number of rotatable bonds is 7. The Labute approximate surface area is 208 Å². The minimum absolute atomic E-state index is 0.0916. The van der Waals surface area contributed by atoms with E-state index >= 15 is 0 Å². The van der Waals surface area contributed by atoms with Crippen LogP contribution >= 0.6 is 0 Å². The summed E-state index contributed by atoms with van der Waals surface area (Å²) in [6.45, 7) is 0.475. The molecule has 0 amide bonds. The van der Waals surface area contributed by atoms with E-state index < -0.39 is 21.5 Å². The third kappa shape index (κ3) is 4.62. The monoisotopic (exact) mass is 532 g/mol. The summed E-state index contributed by atoms with van der Waals surface area (Å²) in [4.78, 5) is 4.44. The van der Waals surface area contributed by atoms with E-state index in [0.717, 1.165) is 16.8 Å². The zero-order chi connectivity index (χ0) is 26.4. The molecule has 3 heterocycles. The molecule has 0 aliphatic carbocycles. The number of ether oxygens (including phenoxy) is 1. The van der Waals surface area contributed by atoms with E-state index in [9.17, 15) is 21.6 Å². The summed E-state index contributed by atoms with van der Waals surface area (Å²) in [6, 6.07) is 15.8. The fourth-order valence-corrected chi connectivity index (χ4v) is 4.19. The Kier molecular flexibility index (Phi) is 5.90. The largest absolute Gasteiger partial charge is 0.534 e. The molecule has 37 heavy (non-hydrogen) atoms. The molecule has 3 aromatic heterocycles.